The van der Waals surface area contributed by atoms with Gasteiger partial charge in [-0.3, -0.25) is 9.58 Å². The predicted molar refractivity (Wildman–Crippen MR) is 91.8 cm³/mol. The Bertz CT molecular complexity index is 891. The molecule has 1 unspecified atom stereocenters. The second kappa shape index (κ2) is 6.15. The minimum atomic E-state index is 0.356. The van der Waals surface area contributed by atoms with E-state index in [2.05, 4.69) is 34.0 Å². The van der Waals surface area contributed by atoms with E-state index >= 15 is 0 Å². The van der Waals surface area contributed by atoms with Crippen molar-refractivity contribution in [1.82, 2.24) is 24.9 Å². The normalized spacial score (nSPS) is 18.3. The van der Waals surface area contributed by atoms with E-state index < -0.39 is 0 Å². The number of aryl methyl sites for hydroxylation is 3. The summed E-state index contributed by atoms with van der Waals surface area (Å²) in [4.78, 5) is 2.41. The van der Waals surface area contributed by atoms with Gasteiger partial charge in [0.25, 0.3) is 5.89 Å². The largest absolute Gasteiger partial charge is 0.459 e. The van der Waals surface area contributed by atoms with Crippen molar-refractivity contribution >= 4 is 0 Å². The summed E-state index contributed by atoms with van der Waals surface area (Å²) in [5.74, 6) is 1.72. The zero-order chi connectivity index (χ0) is 17.6. The molecule has 0 aliphatic carbocycles. The highest BCUT2D eigenvalue weighted by Crippen LogP contribution is 2.36. The molecule has 1 aliphatic rings. The lowest BCUT2D eigenvalue weighted by atomic mass is 10.0. The molecule has 132 valence electrons. The van der Waals surface area contributed by atoms with Crippen LogP contribution in [0.1, 0.15) is 47.3 Å². The van der Waals surface area contributed by atoms with E-state index in [0.717, 1.165) is 30.6 Å². The first-order valence-electron chi connectivity index (χ1n) is 8.65. The van der Waals surface area contributed by atoms with Gasteiger partial charge in [-0.2, -0.15) is 5.10 Å². The smallest absolute Gasteiger partial charge is 0.283 e. The van der Waals surface area contributed by atoms with Gasteiger partial charge in [-0.15, -0.1) is 10.2 Å². The molecule has 1 fully saturated rings. The first kappa shape index (κ1) is 16.1. The number of furan rings is 1. The van der Waals surface area contributed by atoms with Gasteiger partial charge in [-0.05, 0) is 46.2 Å². The summed E-state index contributed by atoms with van der Waals surface area (Å²) in [5, 5.41) is 12.9. The van der Waals surface area contributed by atoms with Crippen LogP contribution in [0.3, 0.4) is 0 Å². The van der Waals surface area contributed by atoms with Gasteiger partial charge in [0.2, 0.25) is 5.89 Å². The van der Waals surface area contributed by atoms with Crippen molar-refractivity contribution < 1.29 is 8.83 Å². The van der Waals surface area contributed by atoms with E-state index in [1.807, 2.05) is 24.7 Å². The van der Waals surface area contributed by atoms with Crippen LogP contribution < -0.4 is 0 Å². The number of likely N-dealkylation sites (tertiary alicyclic amines) is 1. The Morgan fingerprint density at radius 3 is 2.76 bits per heavy atom. The van der Waals surface area contributed by atoms with Crippen molar-refractivity contribution in [3.8, 4) is 11.7 Å². The van der Waals surface area contributed by atoms with Gasteiger partial charge in [0.05, 0.1) is 18.5 Å². The molecule has 0 bridgehead atoms. The van der Waals surface area contributed by atoms with Crippen LogP contribution in [-0.4, -0.2) is 31.4 Å². The number of aromatic nitrogens is 4. The van der Waals surface area contributed by atoms with Crippen LogP contribution in [0.4, 0.5) is 0 Å². The predicted octanol–water partition coefficient (Wildman–Crippen LogP) is 3.33. The molecule has 0 amide bonds. The zero-order valence-electron chi connectivity index (χ0n) is 15.1. The Hall–Kier alpha value is -2.41. The third-order valence-electron chi connectivity index (χ3n) is 5.12. The number of rotatable bonds is 4. The fourth-order valence-corrected chi connectivity index (χ4v) is 3.79. The summed E-state index contributed by atoms with van der Waals surface area (Å²) in [7, 11) is 2.00. The third kappa shape index (κ3) is 2.78. The van der Waals surface area contributed by atoms with Crippen LogP contribution in [0, 0.1) is 20.8 Å². The molecule has 1 aliphatic heterocycles. The fraction of sp³-hybridized carbons (Fsp3) is 0.500. The van der Waals surface area contributed by atoms with Crippen molar-refractivity contribution in [2.24, 2.45) is 7.05 Å². The SMILES string of the molecule is Cc1ccoc1-c1nnc(CN2CCCC2c2c(C)nn(C)c2C)o1. The number of hydrogen-bond acceptors (Lipinski definition) is 6. The minimum Gasteiger partial charge on any atom is -0.459 e. The van der Waals surface area contributed by atoms with Gasteiger partial charge in [0.15, 0.2) is 5.76 Å². The molecule has 0 radical (unpaired) electrons. The molecule has 1 atom stereocenters. The summed E-state index contributed by atoms with van der Waals surface area (Å²) in [6.45, 7) is 7.86. The van der Waals surface area contributed by atoms with Crippen molar-refractivity contribution in [2.75, 3.05) is 6.54 Å². The lowest BCUT2D eigenvalue weighted by Gasteiger charge is -2.23. The number of nitrogens with zero attached hydrogens (tertiary/aromatic N) is 5. The Morgan fingerprint density at radius 2 is 2.08 bits per heavy atom. The maximum atomic E-state index is 5.84. The monoisotopic (exact) mass is 341 g/mol. The Labute approximate surface area is 146 Å². The lowest BCUT2D eigenvalue weighted by Crippen LogP contribution is -2.23. The Kier molecular flexibility index (Phi) is 3.95. The molecule has 7 nitrogen and oxygen atoms in total. The minimum absolute atomic E-state index is 0.356. The van der Waals surface area contributed by atoms with Crippen LogP contribution >= 0.6 is 0 Å². The molecule has 7 heteroatoms. The molecule has 3 aromatic rings. The van der Waals surface area contributed by atoms with Crippen LogP contribution in [0.5, 0.6) is 0 Å². The summed E-state index contributed by atoms with van der Waals surface area (Å²) in [6, 6.07) is 2.25. The van der Waals surface area contributed by atoms with Crippen molar-refractivity contribution in [2.45, 2.75) is 46.2 Å². The number of hydrogen-bond donors (Lipinski definition) is 0. The third-order valence-corrected chi connectivity index (χ3v) is 5.12. The van der Waals surface area contributed by atoms with Gasteiger partial charge >= 0.3 is 0 Å². The van der Waals surface area contributed by atoms with Crippen molar-refractivity contribution in [3.63, 3.8) is 0 Å². The lowest BCUT2D eigenvalue weighted by molar-refractivity contribution is 0.223. The second-order valence-electron chi connectivity index (χ2n) is 6.77. The summed E-state index contributed by atoms with van der Waals surface area (Å²) in [5.41, 5.74) is 4.67. The van der Waals surface area contributed by atoms with Crippen LogP contribution in [0.25, 0.3) is 11.7 Å². The summed E-state index contributed by atoms with van der Waals surface area (Å²) >= 11 is 0. The maximum absolute atomic E-state index is 5.84. The van der Waals surface area contributed by atoms with E-state index in [0.29, 0.717) is 30.1 Å². The fourth-order valence-electron chi connectivity index (χ4n) is 3.79. The Morgan fingerprint density at radius 1 is 1.24 bits per heavy atom. The molecule has 3 aromatic heterocycles. The van der Waals surface area contributed by atoms with E-state index in [1.54, 1.807) is 6.26 Å². The summed E-state index contributed by atoms with van der Waals surface area (Å²) < 4.78 is 13.2. The standard InChI is InChI=1S/C18H23N5O2/c1-11-7-9-24-17(11)18-20-19-15(25-18)10-23-8-5-6-14(23)16-12(2)21-22(4)13(16)3/h7,9,14H,5-6,8,10H2,1-4H3. The van der Waals surface area contributed by atoms with E-state index in [4.69, 9.17) is 8.83 Å². The average molecular weight is 341 g/mol. The van der Waals surface area contributed by atoms with Crippen LogP contribution in [0.15, 0.2) is 21.2 Å². The van der Waals surface area contributed by atoms with Gasteiger partial charge in [0, 0.05) is 29.9 Å². The molecule has 0 N–H and O–H groups in total. The molecule has 0 saturated carbocycles. The highest BCUT2D eigenvalue weighted by atomic mass is 16.4. The molecule has 4 heterocycles. The van der Waals surface area contributed by atoms with Gasteiger partial charge in [-0.1, -0.05) is 0 Å². The first-order chi connectivity index (χ1) is 12.0. The highest BCUT2D eigenvalue weighted by molar-refractivity contribution is 5.49. The molecule has 0 spiro atoms. The molecular weight excluding hydrogens is 318 g/mol. The van der Waals surface area contributed by atoms with Crippen LogP contribution in [-0.2, 0) is 13.6 Å². The molecule has 4 rings (SSSR count). The van der Waals surface area contributed by atoms with Crippen molar-refractivity contribution in [1.29, 1.82) is 0 Å². The summed E-state index contributed by atoms with van der Waals surface area (Å²) in [6.07, 6.45) is 3.93. The van der Waals surface area contributed by atoms with Gasteiger partial charge in [-0.25, -0.2) is 0 Å². The van der Waals surface area contributed by atoms with Crippen molar-refractivity contribution in [3.05, 3.63) is 40.7 Å². The van der Waals surface area contributed by atoms with Gasteiger partial charge < -0.3 is 8.83 Å². The zero-order valence-corrected chi connectivity index (χ0v) is 15.1. The van der Waals surface area contributed by atoms with Gasteiger partial charge in [0.1, 0.15) is 0 Å². The molecular formula is C18H23N5O2. The topological polar surface area (TPSA) is 73.1 Å². The molecule has 0 aromatic carbocycles. The second-order valence-corrected chi connectivity index (χ2v) is 6.77. The average Bonchev–Trinajstić information content (AvgIpc) is 3.32. The molecule has 25 heavy (non-hydrogen) atoms. The van der Waals surface area contributed by atoms with E-state index in [9.17, 15) is 0 Å². The maximum Gasteiger partial charge on any atom is 0.283 e. The highest BCUT2D eigenvalue weighted by Gasteiger charge is 2.31. The molecule has 1 saturated heterocycles. The Balaban J connectivity index is 1.56. The van der Waals surface area contributed by atoms with E-state index in [-0.39, 0.29) is 0 Å². The van der Waals surface area contributed by atoms with E-state index in [1.165, 1.54) is 11.3 Å². The quantitative estimate of drug-likeness (QED) is 0.725. The van der Waals surface area contributed by atoms with Crippen LogP contribution in [0.2, 0.25) is 0 Å². The first-order valence-corrected chi connectivity index (χ1v) is 8.65.